The van der Waals surface area contributed by atoms with Gasteiger partial charge in [0.05, 0.1) is 5.56 Å². The molecule has 0 amide bonds. The Morgan fingerprint density at radius 3 is 2.43 bits per heavy atom. The molecule has 0 aliphatic carbocycles. The molecule has 0 bridgehead atoms. The minimum atomic E-state index is -4.28. The van der Waals surface area contributed by atoms with Gasteiger partial charge in [-0.05, 0) is 35.9 Å². The van der Waals surface area contributed by atoms with E-state index >= 15 is 0 Å². The standard InChI is InChI=1S/C17H16F3N/c1-21-10-13-9-14(17(18,19)20)7-8-15(13)16(11-21)12-5-3-2-4-6-12/h2-9,16H,10-11H2,1H3. The molecule has 2 aromatic rings. The molecule has 1 atom stereocenters. The molecule has 1 nitrogen and oxygen atoms in total. The Morgan fingerprint density at radius 2 is 1.76 bits per heavy atom. The van der Waals surface area contributed by atoms with Crippen LogP contribution in [0.25, 0.3) is 0 Å². The summed E-state index contributed by atoms with van der Waals surface area (Å²) in [6.07, 6.45) is -4.28. The van der Waals surface area contributed by atoms with Crippen LogP contribution in [0.2, 0.25) is 0 Å². The summed E-state index contributed by atoms with van der Waals surface area (Å²) in [5.41, 5.74) is 2.35. The van der Waals surface area contributed by atoms with Crippen molar-refractivity contribution >= 4 is 0 Å². The van der Waals surface area contributed by atoms with E-state index in [1.54, 1.807) is 6.07 Å². The molecule has 0 spiro atoms. The van der Waals surface area contributed by atoms with Crippen LogP contribution in [0.15, 0.2) is 48.5 Å². The summed E-state index contributed by atoms with van der Waals surface area (Å²) < 4.78 is 38.6. The van der Waals surface area contributed by atoms with E-state index in [1.165, 1.54) is 12.1 Å². The predicted molar refractivity (Wildman–Crippen MR) is 76.1 cm³/mol. The smallest absolute Gasteiger partial charge is 0.301 e. The van der Waals surface area contributed by atoms with E-state index < -0.39 is 11.7 Å². The highest BCUT2D eigenvalue weighted by Crippen LogP contribution is 2.37. The fourth-order valence-corrected chi connectivity index (χ4v) is 2.99. The van der Waals surface area contributed by atoms with E-state index in [2.05, 4.69) is 4.90 Å². The molecule has 1 aliphatic heterocycles. The first kappa shape index (κ1) is 14.1. The first-order chi connectivity index (χ1) is 9.95. The maximum Gasteiger partial charge on any atom is 0.416 e. The van der Waals surface area contributed by atoms with Gasteiger partial charge in [0.15, 0.2) is 0 Å². The van der Waals surface area contributed by atoms with E-state index in [1.807, 2.05) is 37.4 Å². The van der Waals surface area contributed by atoms with E-state index in [9.17, 15) is 13.2 Å². The van der Waals surface area contributed by atoms with Gasteiger partial charge in [-0.3, -0.25) is 0 Å². The molecule has 0 saturated carbocycles. The van der Waals surface area contributed by atoms with Crippen LogP contribution < -0.4 is 0 Å². The normalized spacial score (nSPS) is 19.3. The van der Waals surface area contributed by atoms with Crippen molar-refractivity contribution < 1.29 is 13.2 Å². The van der Waals surface area contributed by atoms with Gasteiger partial charge < -0.3 is 4.90 Å². The number of fused-ring (bicyclic) bond motifs is 1. The van der Waals surface area contributed by atoms with Crippen LogP contribution in [-0.4, -0.2) is 18.5 Å². The number of halogens is 3. The number of rotatable bonds is 1. The topological polar surface area (TPSA) is 3.24 Å². The van der Waals surface area contributed by atoms with Crippen molar-refractivity contribution in [2.45, 2.75) is 18.6 Å². The largest absolute Gasteiger partial charge is 0.416 e. The maximum absolute atomic E-state index is 12.9. The maximum atomic E-state index is 12.9. The van der Waals surface area contributed by atoms with Crippen molar-refractivity contribution in [1.29, 1.82) is 0 Å². The number of hydrogen-bond donors (Lipinski definition) is 0. The lowest BCUT2D eigenvalue weighted by atomic mass is 9.84. The average Bonchev–Trinajstić information content (AvgIpc) is 2.45. The van der Waals surface area contributed by atoms with Crippen molar-refractivity contribution in [3.63, 3.8) is 0 Å². The summed E-state index contributed by atoms with van der Waals surface area (Å²) in [6.45, 7) is 1.38. The van der Waals surface area contributed by atoms with Gasteiger partial charge in [0.2, 0.25) is 0 Å². The molecule has 1 aliphatic rings. The van der Waals surface area contributed by atoms with Gasteiger partial charge in [-0.15, -0.1) is 0 Å². The first-order valence-corrected chi connectivity index (χ1v) is 6.88. The zero-order valence-electron chi connectivity index (χ0n) is 11.7. The summed E-state index contributed by atoms with van der Waals surface area (Å²) in [5.74, 6) is 0.127. The molecule has 4 heteroatoms. The summed E-state index contributed by atoms with van der Waals surface area (Å²) in [7, 11) is 1.94. The number of benzene rings is 2. The molecule has 110 valence electrons. The Labute approximate surface area is 122 Å². The molecule has 3 rings (SSSR count). The highest BCUT2D eigenvalue weighted by atomic mass is 19.4. The van der Waals surface area contributed by atoms with Gasteiger partial charge in [-0.2, -0.15) is 13.2 Å². The van der Waals surface area contributed by atoms with Crippen LogP contribution in [0.4, 0.5) is 13.2 Å². The summed E-state index contributed by atoms with van der Waals surface area (Å²) in [6, 6.07) is 14.1. The van der Waals surface area contributed by atoms with Crippen molar-refractivity contribution in [1.82, 2.24) is 4.90 Å². The summed E-state index contributed by atoms with van der Waals surface area (Å²) in [4.78, 5) is 2.07. The third-order valence-electron chi connectivity index (χ3n) is 3.98. The van der Waals surface area contributed by atoms with E-state index in [0.29, 0.717) is 6.54 Å². The second kappa shape index (κ2) is 5.19. The monoisotopic (exact) mass is 291 g/mol. The SMILES string of the molecule is CN1Cc2cc(C(F)(F)F)ccc2C(c2ccccc2)C1. The van der Waals surface area contributed by atoms with Gasteiger partial charge in [0.1, 0.15) is 0 Å². The highest BCUT2D eigenvalue weighted by Gasteiger charge is 2.33. The number of alkyl halides is 3. The Kier molecular flexibility index (Phi) is 3.49. The lowest BCUT2D eigenvalue weighted by Crippen LogP contribution is -2.31. The van der Waals surface area contributed by atoms with Crippen molar-refractivity contribution in [2.24, 2.45) is 0 Å². The molecule has 0 radical (unpaired) electrons. The molecule has 2 aromatic carbocycles. The van der Waals surface area contributed by atoms with Gasteiger partial charge in [0.25, 0.3) is 0 Å². The zero-order chi connectivity index (χ0) is 15.0. The van der Waals surface area contributed by atoms with Crippen LogP contribution >= 0.6 is 0 Å². The van der Waals surface area contributed by atoms with E-state index in [-0.39, 0.29) is 5.92 Å². The average molecular weight is 291 g/mol. The summed E-state index contributed by atoms with van der Waals surface area (Å²) >= 11 is 0. The molecule has 0 aromatic heterocycles. The van der Waals surface area contributed by atoms with Crippen LogP contribution in [0.5, 0.6) is 0 Å². The fraction of sp³-hybridized carbons (Fsp3) is 0.294. The molecule has 0 fully saturated rings. The lowest BCUT2D eigenvalue weighted by molar-refractivity contribution is -0.137. The second-order valence-electron chi connectivity index (χ2n) is 5.57. The van der Waals surface area contributed by atoms with Crippen molar-refractivity contribution in [2.75, 3.05) is 13.6 Å². The molecule has 0 saturated heterocycles. The third kappa shape index (κ3) is 2.81. The number of likely N-dealkylation sites (N-methyl/N-ethyl adjacent to an activating group) is 1. The molecular weight excluding hydrogens is 275 g/mol. The second-order valence-corrected chi connectivity index (χ2v) is 5.57. The molecular formula is C17H16F3N. The number of nitrogens with zero attached hydrogens (tertiary/aromatic N) is 1. The molecule has 0 N–H and O–H groups in total. The Bertz CT molecular complexity index is 634. The third-order valence-corrected chi connectivity index (χ3v) is 3.98. The van der Waals surface area contributed by atoms with Gasteiger partial charge in [-0.25, -0.2) is 0 Å². The number of hydrogen-bond acceptors (Lipinski definition) is 1. The fourth-order valence-electron chi connectivity index (χ4n) is 2.99. The van der Waals surface area contributed by atoms with Crippen molar-refractivity contribution in [3.8, 4) is 0 Å². The van der Waals surface area contributed by atoms with Crippen LogP contribution in [0, 0.1) is 0 Å². The minimum Gasteiger partial charge on any atom is -0.301 e. The Balaban J connectivity index is 2.06. The van der Waals surface area contributed by atoms with E-state index in [4.69, 9.17) is 0 Å². The lowest BCUT2D eigenvalue weighted by Gasteiger charge is -2.33. The Hall–Kier alpha value is -1.81. The van der Waals surface area contributed by atoms with Crippen molar-refractivity contribution in [3.05, 3.63) is 70.8 Å². The molecule has 21 heavy (non-hydrogen) atoms. The van der Waals surface area contributed by atoms with Gasteiger partial charge in [-0.1, -0.05) is 36.4 Å². The van der Waals surface area contributed by atoms with Crippen LogP contribution in [0.1, 0.15) is 28.2 Å². The highest BCUT2D eigenvalue weighted by molar-refractivity contribution is 5.42. The minimum absolute atomic E-state index is 0.127. The van der Waals surface area contributed by atoms with E-state index in [0.717, 1.165) is 23.2 Å². The van der Waals surface area contributed by atoms with Crippen LogP contribution in [-0.2, 0) is 12.7 Å². The van der Waals surface area contributed by atoms with Gasteiger partial charge in [0, 0.05) is 19.0 Å². The van der Waals surface area contributed by atoms with Gasteiger partial charge >= 0.3 is 6.18 Å². The quantitative estimate of drug-likeness (QED) is 0.758. The molecule has 1 heterocycles. The van der Waals surface area contributed by atoms with Crippen LogP contribution in [0.3, 0.4) is 0 Å². The molecule has 1 unspecified atom stereocenters. The zero-order valence-corrected chi connectivity index (χ0v) is 11.7. The first-order valence-electron chi connectivity index (χ1n) is 6.88. The Morgan fingerprint density at radius 1 is 1.05 bits per heavy atom. The predicted octanol–water partition coefficient (Wildman–Crippen LogP) is 4.28. The summed E-state index contributed by atoms with van der Waals surface area (Å²) in [5, 5.41) is 0.